The normalized spacial score (nSPS) is 11.5. The summed E-state index contributed by atoms with van der Waals surface area (Å²) in [4.78, 5) is 24.3. The third kappa shape index (κ3) is 5.19. The summed E-state index contributed by atoms with van der Waals surface area (Å²) >= 11 is 5.88. The van der Waals surface area contributed by atoms with Crippen LogP contribution in [0.1, 0.15) is 22.8 Å². The van der Waals surface area contributed by atoms with Crippen molar-refractivity contribution in [1.29, 1.82) is 0 Å². The van der Waals surface area contributed by atoms with Crippen molar-refractivity contribution in [3.05, 3.63) is 64.4 Å². The van der Waals surface area contributed by atoms with Crippen LogP contribution in [0, 0.1) is 5.82 Å². The van der Waals surface area contributed by atoms with Crippen LogP contribution in [0.5, 0.6) is 5.75 Å². The molecule has 0 radical (unpaired) electrons. The van der Waals surface area contributed by atoms with Crippen LogP contribution in [0.3, 0.4) is 0 Å². The van der Waals surface area contributed by atoms with Gasteiger partial charge in [-0.2, -0.15) is 0 Å². The lowest BCUT2D eigenvalue weighted by Crippen LogP contribution is -2.35. The quantitative estimate of drug-likeness (QED) is 0.797. The van der Waals surface area contributed by atoms with E-state index in [1.165, 1.54) is 38.3 Å². The molecule has 5 nitrogen and oxygen atoms in total. The highest BCUT2D eigenvalue weighted by molar-refractivity contribution is 6.31. The van der Waals surface area contributed by atoms with E-state index in [2.05, 4.69) is 5.32 Å². The van der Waals surface area contributed by atoms with Gasteiger partial charge >= 0.3 is 5.97 Å². The molecule has 0 unspecified atom stereocenters. The molecular formula is C18H17ClFNO4. The first-order chi connectivity index (χ1) is 11.9. The van der Waals surface area contributed by atoms with Crippen LogP contribution < -0.4 is 10.1 Å². The number of hydrogen-bond acceptors (Lipinski definition) is 4. The number of halogens is 2. The SMILES string of the molecule is COc1ccc(Cl)cc1C(=O)O[C@H](C)C(=O)NCc1ccc(F)cc1. The highest BCUT2D eigenvalue weighted by Gasteiger charge is 2.21. The summed E-state index contributed by atoms with van der Waals surface area (Å²) in [5, 5.41) is 2.97. The second-order valence-corrected chi connectivity index (χ2v) is 5.67. The molecule has 0 fully saturated rings. The van der Waals surface area contributed by atoms with Crippen molar-refractivity contribution in [2.24, 2.45) is 0 Å². The van der Waals surface area contributed by atoms with Crippen LogP contribution in [-0.2, 0) is 16.1 Å². The number of ether oxygens (including phenoxy) is 2. The minimum atomic E-state index is -1.02. The summed E-state index contributed by atoms with van der Waals surface area (Å²) in [5.41, 5.74) is 0.859. The molecule has 2 rings (SSSR count). The lowest BCUT2D eigenvalue weighted by molar-refractivity contribution is -0.129. The van der Waals surface area contributed by atoms with Crippen LogP contribution in [0.4, 0.5) is 4.39 Å². The zero-order chi connectivity index (χ0) is 18.4. The maximum Gasteiger partial charge on any atom is 0.342 e. The number of rotatable bonds is 6. The van der Waals surface area contributed by atoms with Gasteiger partial charge in [0, 0.05) is 11.6 Å². The molecule has 2 aromatic carbocycles. The first-order valence-corrected chi connectivity index (χ1v) is 7.85. The van der Waals surface area contributed by atoms with Gasteiger partial charge in [0.2, 0.25) is 0 Å². The molecule has 0 saturated heterocycles. The van der Waals surface area contributed by atoms with E-state index in [0.29, 0.717) is 10.8 Å². The second-order valence-electron chi connectivity index (χ2n) is 5.24. The fourth-order valence-corrected chi connectivity index (χ4v) is 2.22. The zero-order valence-corrected chi connectivity index (χ0v) is 14.5. The smallest absolute Gasteiger partial charge is 0.342 e. The molecule has 0 aliphatic heterocycles. The number of nitrogens with one attached hydrogen (secondary N) is 1. The monoisotopic (exact) mass is 365 g/mol. The van der Waals surface area contributed by atoms with Crippen molar-refractivity contribution >= 4 is 23.5 Å². The van der Waals surface area contributed by atoms with Gasteiger partial charge in [-0.1, -0.05) is 23.7 Å². The van der Waals surface area contributed by atoms with Crippen molar-refractivity contribution in [2.45, 2.75) is 19.6 Å². The predicted octanol–water partition coefficient (Wildman–Crippen LogP) is 3.35. The molecule has 1 atom stereocenters. The number of benzene rings is 2. The lowest BCUT2D eigenvalue weighted by Gasteiger charge is -2.15. The van der Waals surface area contributed by atoms with Gasteiger partial charge in [-0.05, 0) is 42.8 Å². The van der Waals surface area contributed by atoms with E-state index >= 15 is 0 Å². The van der Waals surface area contributed by atoms with Crippen LogP contribution in [0.2, 0.25) is 5.02 Å². The Morgan fingerprint density at radius 1 is 1.20 bits per heavy atom. The summed E-state index contributed by atoms with van der Waals surface area (Å²) in [6.07, 6.45) is -1.02. The van der Waals surface area contributed by atoms with Crippen molar-refractivity contribution in [3.63, 3.8) is 0 Å². The standard InChI is InChI=1S/C18H17ClFNO4/c1-11(17(22)21-10-12-3-6-14(20)7-4-12)25-18(23)15-9-13(19)5-8-16(15)24-2/h3-9,11H,10H2,1-2H3,(H,21,22)/t11-/m1/s1. The van der Waals surface area contributed by atoms with E-state index in [-0.39, 0.29) is 17.9 Å². The fraction of sp³-hybridized carbons (Fsp3) is 0.222. The van der Waals surface area contributed by atoms with Gasteiger partial charge in [0.25, 0.3) is 5.91 Å². The zero-order valence-electron chi connectivity index (χ0n) is 13.7. The molecule has 7 heteroatoms. The van der Waals surface area contributed by atoms with E-state index in [9.17, 15) is 14.0 Å². The van der Waals surface area contributed by atoms with Gasteiger partial charge in [0.15, 0.2) is 6.10 Å². The minimum absolute atomic E-state index is 0.133. The molecule has 1 amide bonds. The molecular weight excluding hydrogens is 349 g/mol. The molecule has 0 spiro atoms. The van der Waals surface area contributed by atoms with Crippen LogP contribution in [0.15, 0.2) is 42.5 Å². The maximum atomic E-state index is 12.8. The van der Waals surface area contributed by atoms with Crippen LogP contribution in [0.25, 0.3) is 0 Å². The molecule has 132 valence electrons. The van der Waals surface area contributed by atoms with E-state index < -0.39 is 18.0 Å². The first kappa shape index (κ1) is 18.7. The van der Waals surface area contributed by atoms with E-state index in [1.807, 2.05) is 0 Å². The second kappa shape index (κ2) is 8.48. The Bertz CT molecular complexity index is 764. The van der Waals surface area contributed by atoms with E-state index in [0.717, 1.165) is 5.56 Å². The third-order valence-electron chi connectivity index (χ3n) is 3.41. The van der Waals surface area contributed by atoms with Crippen molar-refractivity contribution < 1.29 is 23.5 Å². The summed E-state index contributed by atoms with van der Waals surface area (Å²) in [6.45, 7) is 1.65. The van der Waals surface area contributed by atoms with E-state index in [1.54, 1.807) is 18.2 Å². The Labute approximate surface area is 149 Å². The maximum absolute atomic E-state index is 12.8. The van der Waals surface area contributed by atoms with Gasteiger partial charge in [-0.3, -0.25) is 4.79 Å². The Balaban J connectivity index is 1.95. The number of methoxy groups -OCH3 is 1. The molecule has 0 heterocycles. The Morgan fingerprint density at radius 2 is 1.88 bits per heavy atom. The number of carbonyl (C=O) groups excluding carboxylic acids is 2. The molecule has 0 aliphatic carbocycles. The van der Waals surface area contributed by atoms with Crippen molar-refractivity contribution in [3.8, 4) is 5.75 Å². The lowest BCUT2D eigenvalue weighted by atomic mass is 10.2. The molecule has 0 bridgehead atoms. The number of esters is 1. The Hall–Kier alpha value is -2.60. The summed E-state index contributed by atoms with van der Waals surface area (Å²) in [7, 11) is 1.42. The van der Waals surface area contributed by atoms with Gasteiger partial charge in [0.05, 0.1) is 7.11 Å². The number of carbonyl (C=O) groups is 2. The summed E-state index contributed by atoms with van der Waals surface area (Å²) in [5.74, 6) is -1.25. The van der Waals surface area contributed by atoms with Crippen molar-refractivity contribution in [2.75, 3.05) is 7.11 Å². The number of amides is 1. The summed E-state index contributed by atoms with van der Waals surface area (Å²) < 4.78 is 23.1. The first-order valence-electron chi connectivity index (χ1n) is 7.47. The van der Waals surface area contributed by atoms with Gasteiger partial charge in [-0.25, -0.2) is 9.18 Å². The molecule has 0 saturated carbocycles. The van der Waals surface area contributed by atoms with Gasteiger partial charge in [-0.15, -0.1) is 0 Å². The highest BCUT2D eigenvalue weighted by atomic mass is 35.5. The van der Waals surface area contributed by atoms with E-state index in [4.69, 9.17) is 21.1 Å². The molecule has 1 N–H and O–H groups in total. The van der Waals surface area contributed by atoms with Crippen LogP contribution in [-0.4, -0.2) is 25.1 Å². The molecule has 2 aromatic rings. The molecule has 0 aliphatic rings. The largest absolute Gasteiger partial charge is 0.496 e. The average Bonchev–Trinajstić information content (AvgIpc) is 2.60. The molecule has 0 aromatic heterocycles. The Kier molecular flexibility index (Phi) is 6.36. The fourth-order valence-electron chi connectivity index (χ4n) is 2.05. The van der Waals surface area contributed by atoms with Crippen LogP contribution >= 0.6 is 11.6 Å². The molecule has 25 heavy (non-hydrogen) atoms. The topological polar surface area (TPSA) is 64.6 Å². The minimum Gasteiger partial charge on any atom is -0.496 e. The third-order valence-corrected chi connectivity index (χ3v) is 3.65. The Morgan fingerprint density at radius 3 is 2.52 bits per heavy atom. The predicted molar refractivity (Wildman–Crippen MR) is 91.1 cm³/mol. The van der Waals surface area contributed by atoms with Gasteiger partial charge in [0.1, 0.15) is 17.1 Å². The number of hydrogen-bond donors (Lipinski definition) is 1. The summed E-state index contributed by atoms with van der Waals surface area (Å²) in [6, 6.07) is 10.2. The highest BCUT2D eigenvalue weighted by Crippen LogP contribution is 2.23. The van der Waals surface area contributed by atoms with Gasteiger partial charge < -0.3 is 14.8 Å². The average molecular weight is 366 g/mol. The van der Waals surface area contributed by atoms with Crippen molar-refractivity contribution in [1.82, 2.24) is 5.32 Å².